The van der Waals surface area contributed by atoms with Gasteiger partial charge in [-0.25, -0.2) is 4.79 Å². The smallest absolute Gasteiger partial charge is 0.347 e. The largest absolute Gasteiger partial charge is 0.383 e. The summed E-state index contributed by atoms with van der Waals surface area (Å²) in [4.78, 5) is 17.7. The molecule has 1 heterocycles. The molecule has 0 aliphatic heterocycles. The van der Waals surface area contributed by atoms with E-state index in [1.165, 1.54) is 5.57 Å². The summed E-state index contributed by atoms with van der Waals surface area (Å²) in [5.41, 5.74) is 9.53. The molecule has 0 spiro atoms. The number of nitrogen functional groups attached to an aromatic ring is 1. The van der Waals surface area contributed by atoms with Crippen LogP contribution >= 0.6 is 0 Å². The highest BCUT2D eigenvalue weighted by Crippen LogP contribution is 2.28. The van der Waals surface area contributed by atoms with E-state index in [1.807, 2.05) is 39.0 Å². The Morgan fingerprint density at radius 3 is 2.65 bits per heavy atom. The zero-order valence-corrected chi connectivity index (χ0v) is 10.2. The quantitative estimate of drug-likeness (QED) is 0.788. The Morgan fingerprint density at radius 2 is 2.00 bits per heavy atom. The highest BCUT2D eigenvalue weighted by molar-refractivity contribution is 5.98. The van der Waals surface area contributed by atoms with Crippen LogP contribution in [0.15, 0.2) is 28.6 Å². The minimum Gasteiger partial charge on any atom is -0.383 e. The van der Waals surface area contributed by atoms with Gasteiger partial charge in [-0.3, -0.25) is 0 Å². The lowest BCUT2D eigenvalue weighted by Crippen LogP contribution is -2.13. The lowest BCUT2D eigenvalue weighted by Gasteiger charge is -2.09. The van der Waals surface area contributed by atoms with Gasteiger partial charge in [-0.1, -0.05) is 17.7 Å². The molecule has 2 rings (SSSR count). The van der Waals surface area contributed by atoms with E-state index < -0.39 is 5.69 Å². The number of fused-ring (bicyclic) bond motifs is 1. The third-order valence-corrected chi connectivity index (χ3v) is 2.94. The molecule has 0 atom stereocenters. The summed E-state index contributed by atoms with van der Waals surface area (Å²) in [6.45, 7) is 6.13. The number of allylic oxidation sites excluding steroid dienone is 2. The number of anilines is 1. The Morgan fingerprint density at radius 1 is 1.29 bits per heavy atom. The van der Waals surface area contributed by atoms with Crippen molar-refractivity contribution in [1.29, 1.82) is 0 Å². The summed E-state index contributed by atoms with van der Waals surface area (Å²) in [6.07, 6.45) is 0. The second-order valence-corrected chi connectivity index (χ2v) is 4.28. The van der Waals surface area contributed by atoms with Crippen LogP contribution in [0.4, 0.5) is 5.82 Å². The number of hydrogen-bond acceptors (Lipinski definition) is 3. The van der Waals surface area contributed by atoms with Crippen molar-refractivity contribution < 1.29 is 0 Å². The Hall–Kier alpha value is -2.10. The van der Waals surface area contributed by atoms with Crippen molar-refractivity contribution in [3.05, 3.63) is 39.8 Å². The number of rotatable bonds is 1. The molecule has 0 aliphatic rings. The SMILES string of the molecule is CC(C)=C(C)c1cccc2[nH]c(=O)nc(N)c12. The van der Waals surface area contributed by atoms with Crippen LogP contribution in [0.5, 0.6) is 0 Å². The topological polar surface area (TPSA) is 71.8 Å². The predicted octanol–water partition coefficient (Wildman–Crippen LogP) is 2.32. The van der Waals surface area contributed by atoms with Gasteiger partial charge in [0.2, 0.25) is 0 Å². The van der Waals surface area contributed by atoms with Crippen LogP contribution in [0.1, 0.15) is 26.3 Å². The standard InChI is InChI=1S/C13H15N3O/c1-7(2)8(3)9-5-4-6-10-11(9)12(14)16-13(17)15-10/h4-6H,1-3H3,(H3,14,15,16,17). The van der Waals surface area contributed by atoms with Gasteiger partial charge in [0.1, 0.15) is 5.82 Å². The van der Waals surface area contributed by atoms with Gasteiger partial charge in [0.15, 0.2) is 0 Å². The van der Waals surface area contributed by atoms with E-state index >= 15 is 0 Å². The molecule has 0 amide bonds. The fourth-order valence-corrected chi connectivity index (χ4v) is 1.82. The third-order valence-electron chi connectivity index (χ3n) is 2.94. The second-order valence-electron chi connectivity index (χ2n) is 4.28. The van der Waals surface area contributed by atoms with Gasteiger partial charge >= 0.3 is 5.69 Å². The Labute approximate surface area is 99.2 Å². The van der Waals surface area contributed by atoms with Crippen molar-refractivity contribution in [2.75, 3.05) is 5.73 Å². The van der Waals surface area contributed by atoms with E-state index in [9.17, 15) is 4.79 Å². The van der Waals surface area contributed by atoms with Gasteiger partial charge < -0.3 is 10.7 Å². The fourth-order valence-electron chi connectivity index (χ4n) is 1.82. The van der Waals surface area contributed by atoms with Crippen molar-refractivity contribution in [3.63, 3.8) is 0 Å². The first-order valence-electron chi connectivity index (χ1n) is 5.43. The molecule has 17 heavy (non-hydrogen) atoms. The number of H-pyrrole nitrogens is 1. The number of aromatic nitrogens is 2. The molecular weight excluding hydrogens is 214 g/mol. The summed E-state index contributed by atoms with van der Waals surface area (Å²) in [7, 11) is 0. The first-order valence-corrected chi connectivity index (χ1v) is 5.43. The maximum atomic E-state index is 11.3. The maximum absolute atomic E-state index is 11.3. The number of hydrogen-bond donors (Lipinski definition) is 2. The van der Waals surface area contributed by atoms with E-state index in [1.54, 1.807) is 0 Å². The van der Waals surface area contributed by atoms with Crippen molar-refractivity contribution in [1.82, 2.24) is 9.97 Å². The zero-order valence-electron chi connectivity index (χ0n) is 10.2. The van der Waals surface area contributed by atoms with E-state index in [4.69, 9.17) is 5.73 Å². The highest BCUT2D eigenvalue weighted by atomic mass is 16.1. The molecule has 3 N–H and O–H groups in total. The van der Waals surface area contributed by atoms with E-state index in [0.717, 1.165) is 22.0 Å². The molecule has 0 aliphatic carbocycles. The number of nitrogens with zero attached hydrogens (tertiary/aromatic N) is 1. The van der Waals surface area contributed by atoms with Crippen LogP contribution in [0, 0.1) is 0 Å². The summed E-state index contributed by atoms with van der Waals surface area (Å²) in [5.74, 6) is 0.278. The molecule has 4 nitrogen and oxygen atoms in total. The van der Waals surface area contributed by atoms with Crippen LogP contribution in [-0.4, -0.2) is 9.97 Å². The minimum absolute atomic E-state index is 0.278. The Balaban J connectivity index is 2.92. The number of nitrogens with one attached hydrogen (secondary N) is 1. The van der Waals surface area contributed by atoms with Crippen LogP contribution in [0.3, 0.4) is 0 Å². The lowest BCUT2D eigenvalue weighted by atomic mass is 9.99. The van der Waals surface area contributed by atoms with Gasteiger partial charge in [-0.15, -0.1) is 0 Å². The molecule has 88 valence electrons. The molecular formula is C13H15N3O. The minimum atomic E-state index is -0.415. The van der Waals surface area contributed by atoms with Crippen molar-refractivity contribution in [2.45, 2.75) is 20.8 Å². The number of nitrogens with two attached hydrogens (primary N) is 1. The molecule has 1 aromatic heterocycles. The fraction of sp³-hybridized carbons (Fsp3) is 0.231. The monoisotopic (exact) mass is 229 g/mol. The summed E-state index contributed by atoms with van der Waals surface area (Å²) in [6, 6.07) is 5.72. The molecule has 1 aromatic carbocycles. The molecule has 2 aromatic rings. The van der Waals surface area contributed by atoms with Gasteiger partial charge in [0.05, 0.1) is 5.52 Å². The molecule has 0 saturated carbocycles. The normalized spacial score (nSPS) is 10.5. The number of aromatic amines is 1. The zero-order chi connectivity index (χ0) is 12.6. The summed E-state index contributed by atoms with van der Waals surface area (Å²) in [5, 5.41) is 0.811. The molecule has 0 radical (unpaired) electrons. The van der Waals surface area contributed by atoms with E-state index in [2.05, 4.69) is 9.97 Å². The van der Waals surface area contributed by atoms with E-state index in [0.29, 0.717) is 0 Å². The highest BCUT2D eigenvalue weighted by Gasteiger charge is 2.09. The van der Waals surface area contributed by atoms with Crippen LogP contribution < -0.4 is 11.4 Å². The van der Waals surface area contributed by atoms with Crippen LogP contribution in [0.25, 0.3) is 16.5 Å². The molecule has 0 fully saturated rings. The van der Waals surface area contributed by atoms with Crippen molar-refractivity contribution >= 4 is 22.3 Å². The predicted molar refractivity (Wildman–Crippen MR) is 70.7 cm³/mol. The van der Waals surface area contributed by atoms with Crippen molar-refractivity contribution in [3.8, 4) is 0 Å². The lowest BCUT2D eigenvalue weighted by molar-refractivity contribution is 1.13. The van der Waals surface area contributed by atoms with Gasteiger partial charge in [-0.2, -0.15) is 4.98 Å². The molecule has 0 bridgehead atoms. The average Bonchev–Trinajstić information content (AvgIpc) is 2.26. The van der Waals surface area contributed by atoms with Crippen molar-refractivity contribution in [2.24, 2.45) is 0 Å². The Kier molecular flexibility index (Phi) is 2.71. The van der Waals surface area contributed by atoms with Gasteiger partial charge in [0.25, 0.3) is 0 Å². The third kappa shape index (κ3) is 1.93. The van der Waals surface area contributed by atoms with Crippen LogP contribution in [-0.2, 0) is 0 Å². The first kappa shape index (κ1) is 11.4. The summed E-state index contributed by atoms with van der Waals surface area (Å²) < 4.78 is 0. The van der Waals surface area contributed by atoms with Gasteiger partial charge in [0, 0.05) is 5.39 Å². The van der Waals surface area contributed by atoms with Gasteiger partial charge in [-0.05, 0) is 38.0 Å². The first-order chi connectivity index (χ1) is 8.00. The average molecular weight is 229 g/mol. The summed E-state index contributed by atoms with van der Waals surface area (Å²) >= 11 is 0. The van der Waals surface area contributed by atoms with Crippen LogP contribution in [0.2, 0.25) is 0 Å². The molecule has 0 saturated heterocycles. The Bertz CT molecular complexity index is 664. The maximum Gasteiger partial charge on any atom is 0.347 e. The van der Waals surface area contributed by atoms with E-state index in [-0.39, 0.29) is 5.82 Å². The number of benzene rings is 1. The second kappa shape index (κ2) is 4.05. The molecule has 4 heteroatoms. The molecule has 0 unspecified atom stereocenters.